The second-order valence-electron chi connectivity index (χ2n) is 4.19. The topological polar surface area (TPSA) is 30.5 Å². The molecule has 1 unspecified atom stereocenters. The molecule has 1 atom stereocenters. The van der Waals surface area contributed by atoms with Gasteiger partial charge >= 0.3 is 0 Å². The third-order valence-electron chi connectivity index (χ3n) is 2.57. The summed E-state index contributed by atoms with van der Waals surface area (Å²) in [7, 11) is 0. The van der Waals surface area contributed by atoms with E-state index in [4.69, 9.17) is 9.47 Å². The van der Waals surface area contributed by atoms with Gasteiger partial charge in [0.2, 0.25) is 0 Å². The van der Waals surface area contributed by atoms with Gasteiger partial charge < -0.3 is 14.8 Å². The third-order valence-corrected chi connectivity index (χ3v) is 2.57. The molecule has 84 valence electrons. The van der Waals surface area contributed by atoms with E-state index in [1.807, 2.05) is 0 Å². The van der Waals surface area contributed by atoms with Crippen molar-refractivity contribution in [3.8, 4) is 0 Å². The van der Waals surface area contributed by atoms with Crippen LogP contribution in [0.2, 0.25) is 0 Å². The van der Waals surface area contributed by atoms with Crippen LogP contribution in [0, 0.1) is 0 Å². The molecule has 1 rings (SSSR count). The van der Waals surface area contributed by atoms with Gasteiger partial charge in [0.25, 0.3) is 0 Å². The molecule has 1 saturated heterocycles. The van der Waals surface area contributed by atoms with Crippen molar-refractivity contribution in [1.29, 1.82) is 0 Å². The van der Waals surface area contributed by atoms with Crippen molar-refractivity contribution in [3.63, 3.8) is 0 Å². The molecule has 1 aliphatic rings. The molecule has 1 N–H and O–H groups in total. The molecule has 3 nitrogen and oxygen atoms in total. The zero-order chi connectivity index (χ0) is 10.3. The summed E-state index contributed by atoms with van der Waals surface area (Å²) in [6, 6.07) is 0. The minimum atomic E-state index is 0.0742. The number of hydrogen-bond acceptors (Lipinski definition) is 3. The molecular weight excluding hydrogens is 178 g/mol. The standard InChI is InChI=1S/C11H23NO2/c1-3-7-13-9-6-12-10-11(2)5-4-8-14-11/h12H,3-10H2,1-2H3. The minimum absolute atomic E-state index is 0.0742. The van der Waals surface area contributed by atoms with Gasteiger partial charge in [-0.3, -0.25) is 0 Å². The van der Waals surface area contributed by atoms with E-state index in [1.54, 1.807) is 0 Å². The average Bonchev–Trinajstić information content (AvgIpc) is 2.59. The zero-order valence-electron chi connectivity index (χ0n) is 9.47. The molecule has 0 saturated carbocycles. The molecule has 0 radical (unpaired) electrons. The van der Waals surface area contributed by atoms with E-state index < -0.39 is 0 Å². The van der Waals surface area contributed by atoms with Crippen LogP contribution in [0.5, 0.6) is 0 Å². The highest BCUT2D eigenvalue weighted by Crippen LogP contribution is 2.23. The van der Waals surface area contributed by atoms with E-state index in [0.717, 1.165) is 39.3 Å². The Morgan fingerprint density at radius 1 is 1.43 bits per heavy atom. The highest BCUT2D eigenvalue weighted by atomic mass is 16.5. The van der Waals surface area contributed by atoms with Crippen molar-refractivity contribution in [2.45, 2.75) is 38.7 Å². The van der Waals surface area contributed by atoms with Gasteiger partial charge in [-0.2, -0.15) is 0 Å². The van der Waals surface area contributed by atoms with Crippen LogP contribution in [-0.4, -0.2) is 38.5 Å². The van der Waals surface area contributed by atoms with Crippen molar-refractivity contribution in [2.24, 2.45) is 0 Å². The highest BCUT2D eigenvalue weighted by Gasteiger charge is 2.28. The van der Waals surface area contributed by atoms with Gasteiger partial charge in [0, 0.05) is 26.3 Å². The first-order valence-corrected chi connectivity index (χ1v) is 5.69. The molecule has 0 amide bonds. The van der Waals surface area contributed by atoms with Gasteiger partial charge in [-0.15, -0.1) is 0 Å². The van der Waals surface area contributed by atoms with Crippen LogP contribution >= 0.6 is 0 Å². The van der Waals surface area contributed by atoms with E-state index in [9.17, 15) is 0 Å². The first-order chi connectivity index (χ1) is 6.77. The zero-order valence-corrected chi connectivity index (χ0v) is 9.47. The van der Waals surface area contributed by atoms with Crippen molar-refractivity contribution in [2.75, 3.05) is 32.9 Å². The van der Waals surface area contributed by atoms with Crippen molar-refractivity contribution >= 4 is 0 Å². The lowest BCUT2D eigenvalue weighted by Crippen LogP contribution is -2.38. The summed E-state index contributed by atoms with van der Waals surface area (Å²) >= 11 is 0. The lowest BCUT2D eigenvalue weighted by molar-refractivity contribution is 0.0192. The lowest BCUT2D eigenvalue weighted by atomic mass is 10.0. The van der Waals surface area contributed by atoms with E-state index in [2.05, 4.69) is 19.2 Å². The maximum atomic E-state index is 5.66. The molecule has 14 heavy (non-hydrogen) atoms. The Bertz CT molecular complexity index is 144. The van der Waals surface area contributed by atoms with Crippen molar-refractivity contribution in [3.05, 3.63) is 0 Å². The quantitative estimate of drug-likeness (QED) is 0.634. The van der Waals surface area contributed by atoms with Crippen LogP contribution in [0.4, 0.5) is 0 Å². The Morgan fingerprint density at radius 3 is 2.93 bits per heavy atom. The second kappa shape index (κ2) is 6.38. The predicted molar refractivity (Wildman–Crippen MR) is 57.6 cm³/mol. The Labute approximate surface area is 87.2 Å². The summed E-state index contributed by atoms with van der Waals surface area (Å²) in [5, 5.41) is 3.38. The number of nitrogens with one attached hydrogen (secondary N) is 1. The fourth-order valence-electron chi connectivity index (χ4n) is 1.72. The summed E-state index contributed by atoms with van der Waals surface area (Å²) in [5.41, 5.74) is 0.0742. The van der Waals surface area contributed by atoms with Crippen LogP contribution < -0.4 is 5.32 Å². The van der Waals surface area contributed by atoms with Gasteiger partial charge in [0.05, 0.1) is 12.2 Å². The Balaban J connectivity index is 1.92. The highest BCUT2D eigenvalue weighted by molar-refractivity contribution is 4.82. The molecule has 0 aromatic carbocycles. The summed E-state index contributed by atoms with van der Waals surface area (Å²) in [5.74, 6) is 0. The molecule has 1 fully saturated rings. The molecule has 0 bridgehead atoms. The summed E-state index contributed by atoms with van der Waals surface area (Å²) < 4.78 is 11.0. The Hall–Kier alpha value is -0.120. The normalized spacial score (nSPS) is 27.0. The van der Waals surface area contributed by atoms with E-state index in [0.29, 0.717) is 0 Å². The molecular formula is C11H23NO2. The molecule has 1 aliphatic heterocycles. The maximum absolute atomic E-state index is 5.66. The summed E-state index contributed by atoms with van der Waals surface area (Å²) in [6.07, 6.45) is 3.47. The minimum Gasteiger partial charge on any atom is -0.380 e. The Kier molecular flexibility index (Phi) is 5.45. The van der Waals surface area contributed by atoms with E-state index in [1.165, 1.54) is 12.8 Å². The van der Waals surface area contributed by atoms with Crippen LogP contribution in [0.3, 0.4) is 0 Å². The molecule has 3 heteroatoms. The maximum Gasteiger partial charge on any atom is 0.0779 e. The van der Waals surface area contributed by atoms with Crippen molar-refractivity contribution in [1.82, 2.24) is 5.32 Å². The summed E-state index contributed by atoms with van der Waals surface area (Å²) in [6.45, 7) is 8.78. The molecule has 0 aromatic heterocycles. The SMILES string of the molecule is CCCOCCNCC1(C)CCCO1. The molecule has 0 spiro atoms. The van der Waals surface area contributed by atoms with Crippen LogP contribution in [0.15, 0.2) is 0 Å². The van der Waals surface area contributed by atoms with Gasteiger partial charge in [0.1, 0.15) is 0 Å². The fourth-order valence-corrected chi connectivity index (χ4v) is 1.72. The smallest absolute Gasteiger partial charge is 0.0779 e. The van der Waals surface area contributed by atoms with E-state index >= 15 is 0 Å². The second-order valence-corrected chi connectivity index (χ2v) is 4.19. The monoisotopic (exact) mass is 201 g/mol. The first kappa shape index (κ1) is 12.0. The van der Waals surface area contributed by atoms with Crippen LogP contribution in [0.25, 0.3) is 0 Å². The fraction of sp³-hybridized carbons (Fsp3) is 1.00. The van der Waals surface area contributed by atoms with Crippen LogP contribution in [-0.2, 0) is 9.47 Å². The van der Waals surface area contributed by atoms with Crippen molar-refractivity contribution < 1.29 is 9.47 Å². The van der Waals surface area contributed by atoms with Gasteiger partial charge in [0.15, 0.2) is 0 Å². The number of rotatable bonds is 7. The molecule has 0 aromatic rings. The first-order valence-electron chi connectivity index (χ1n) is 5.69. The summed E-state index contributed by atoms with van der Waals surface area (Å²) in [4.78, 5) is 0. The lowest BCUT2D eigenvalue weighted by Gasteiger charge is -2.23. The largest absolute Gasteiger partial charge is 0.380 e. The molecule has 1 heterocycles. The number of ether oxygens (including phenoxy) is 2. The average molecular weight is 201 g/mol. The van der Waals surface area contributed by atoms with Gasteiger partial charge in [-0.05, 0) is 26.2 Å². The Morgan fingerprint density at radius 2 is 2.29 bits per heavy atom. The number of hydrogen-bond donors (Lipinski definition) is 1. The van der Waals surface area contributed by atoms with Gasteiger partial charge in [-0.1, -0.05) is 6.92 Å². The van der Waals surface area contributed by atoms with E-state index in [-0.39, 0.29) is 5.60 Å². The predicted octanol–water partition coefficient (Wildman–Crippen LogP) is 1.57. The third kappa shape index (κ3) is 4.40. The van der Waals surface area contributed by atoms with Gasteiger partial charge in [-0.25, -0.2) is 0 Å². The molecule has 0 aliphatic carbocycles. The van der Waals surface area contributed by atoms with Crippen LogP contribution in [0.1, 0.15) is 33.1 Å².